The molecule has 426 valence electrons. The summed E-state index contributed by atoms with van der Waals surface area (Å²) in [7, 11) is 3.42. The summed E-state index contributed by atoms with van der Waals surface area (Å²) in [4.78, 5) is 34.5. The molecular weight excluding hydrogens is 991 g/mol. The third-order valence-corrected chi connectivity index (χ3v) is 12.8. The van der Waals surface area contributed by atoms with Gasteiger partial charge in [-0.05, 0) is 75.8 Å². The molecule has 21 nitrogen and oxygen atoms in total. The van der Waals surface area contributed by atoms with E-state index in [9.17, 15) is 0 Å². The smallest absolute Gasteiger partial charge is 0.235 e. The number of ether oxygens (including phenoxy) is 3. The van der Waals surface area contributed by atoms with Crippen LogP contribution < -0.4 is 30.1 Å². The quantitative estimate of drug-likeness (QED) is 0.0127. The van der Waals surface area contributed by atoms with Crippen molar-refractivity contribution in [2.75, 3.05) is 40.5 Å². The van der Waals surface area contributed by atoms with Crippen molar-refractivity contribution in [2.45, 2.75) is 167 Å². The minimum Gasteiger partial charge on any atom is -0.494 e. The van der Waals surface area contributed by atoms with Crippen molar-refractivity contribution in [1.82, 2.24) is 9.97 Å². The second-order valence-electron chi connectivity index (χ2n) is 18.6. The number of nitrogens with two attached hydrogens (primary N) is 1. The number of para-hydroxylation sites is 6. The molecule has 2 aromatic heterocycles. The molecule has 0 aliphatic heterocycles. The fourth-order valence-electron chi connectivity index (χ4n) is 9.12. The van der Waals surface area contributed by atoms with Crippen LogP contribution in [0.2, 0.25) is 0 Å². The maximum absolute atomic E-state index is 8.25. The average Bonchev–Trinajstić information content (AvgIpc) is 3.45. The Morgan fingerprint density at radius 2 is 0.727 bits per heavy atom. The Bertz CT molecular complexity index is 2520. The van der Waals surface area contributed by atoms with Gasteiger partial charge < -0.3 is 71.6 Å². The van der Waals surface area contributed by atoms with Crippen LogP contribution in [0.25, 0.3) is 44.1 Å². The Kier molecular flexibility index (Phi) is 36.4. The molecule has 21 heteroatoms. The number of hydrogen-bond acceptors (Lipinski definition) is 15. The molecule has 0 bridgehead atoms. The lowest BCUT2D eigenvalue weighted by atomic mass is 10.1. The van der Waals surface area contributed by atoms with E-state index in [0.717, 1.165) is 96.8 Å². The summed E-state index contributed by atoms with van der Waals surface area (Å²) in [5, 5.41) is 44.2. The van der Waals surface area contributed by atoms with Gasteiger partial charge in [-0.1, -0.05) is 133 Å². The highest BCUT2D eigenvalue weighted by molar-refractivity contribution is 5.86. The van der Waals surface area contributed by atoms with E-state index in [1.165, 1.54) is 152 Å². The number of unbranched alkanes of at least 4 members (excludes halogenated alkanes) is 21. The molecule has 0 atom stereocenters. The van der Waals surface area contributed by atoms with Gasteiger partial charge in [-0.25, -0.2) is 9.97 Å². The van der Waals surface area contributed by atoms with Crippen molar-refractivity contribution in [3.05, 3.63) is 131 Å². The highest BCUT2D eigenvalue weighted by Crippen LogP contribution is 2.25. The fraction of sp³-hybridized carbons (Fsp3) is 0.571. The summed E-state index contributed by atoms with van der Waals surface area (Å²) in [6.45, 7) is 5.81. The molecule has 0 spiro atoms. The van der Waals surface area contributed by atoms with Gasteiger partial charge in [0.2, 0.25) is 22.1 Å². The number of nitrogens with zero attached hydrogens (tertiary/aromatic N) is 7. The van der Waals surface area contributed by atoms with E-state index in [-0.39, 0.29) is 0 Å². The monoisotopic (exact) mass is 1080 g/mol. The predicted octanol–water partition coefficient (Wildman–Crippen LogP) is 11.2. The molecule has 5 N–H and O–H groups in total. The molecule has 0 amide bonds. The van der Waals surface area contributed by atoms with Crippen LogP contribution in [0.5, 0.6) is 11.5 Å². The van der Waals surface area contributed by atoms with Gasteiger partial charge in [-0.15, -0.1) is 0 Å². The Morgan fingerprint density at radius 1 is 0.429 bits per heavy atom. The molecule has 0 saturated carbocycles. The maximum Gasteiger partial charge on any atom is 0.235 e. The average molecular weight is 1080 g/mol. The van der Waals surface area contributed by atoms with Crippen LogP contribution in [-0.2, 0) is 17.8 Å². The van der Waals surface area contributed by atoms with Crippen molar-refractivity contribution in [1.29, 1.82) is 0 Å². The van der Waals surface area contributed by atoms with E-state index < -0.39 is 15.3 Å². The summed E-state index contributed by atoms with van der Waals surface area (Å²) in [5.74, 6) is 1.67. The van der Waals surface area contributed by atoms with Crippen molar-refractivity contribution in [3.8, 4) is 11.5 Å². The number of aromatic nitrogens is 4. The molecule has 0 unspecified atom stereocenters. The number of quaternary nitrogens is 1. The van der Waals surface area contributed by atoms with E-state index in [4.69, 9.17) is 75.9 Å². The number of methoxy groups -OCH3 is 2. The normalized spacial score (nSPS) is 10.6. The number of aryl methyl sites for hydroxylation is 2. The van der Waals surface area contributed by atoms with Gasteiger partial charge in [0, 0.05) is 50.3 Å². The van der Waals surface area contributed by atoms with E-state index >= 15 is 0 Å². The van der Waals surface area contributed by atoms with Gasteiger partial charge in [-0.3, -0.25) is 0 Å². The molecule has 0 saturated heterocycles. The van der Waals surface area contributed by atoms with Crippen molar-refractivity contribution in [3.63, 3.8) is 0 Å². The molecule has 0 aliphatic carbocycles. The molecule has 0 aliphatic rings. The number of hydrogen-bond donors (Lipinski definition) is 2. The largest absolute Gasteiger partial charge is 0.494 e. The van der Waals surface area contributed by atoms with Gasteiger partial charge in [0.25, 0.3) is 0 Å². The van der Waals surface area contributed by atoms with E-state index in [2.05, 4.69) is 75.5 Å². The predicted molar refractivity (Wildman–Crippen MR) is 302 cm³/mol. The first-order chi connectivity index (χ1) is 37.4. The van der Waals surface area contributed by atoms with Crippen LogP contribution in [0.15, 0.2) is 84.9 Å². The Labute approximate surface area is 452 Å². The standard InChI is InChI=1S/C37H60N3O2.C19H24N3O.3NO3/c1-41-36-28-24-27-35-37(36)39-33-25-18-19-26-34(33)40(35)30-21-15-11-7-3-5-9-13-17-23-32-42-31-22-16-12-8-4-2-6-10-14-20-29-38;1-23-18-12-8-11-17-19(18)21-15-9-4-5-10-16(15)22(17)14-7-3-2-6-13-20;3*2-1(3)4/h18-19,24-28H,2-17,20-23,29-32,38H2,1H3;4-5,8-12H,2-3,6-7,13-14,20H2,1H3;;;/q2*+1;3*-1/p+1. The minimum absolute atomic E-state index is 0.783. The molecule has 6 rings (SSSR count). The van der Waals surface area contributed by atoms with Gasteiger partial charge in [-0.2, -0.15) is 9.13 Å². The molecule has 4 aromatic carbocycles. The number of fused-ring (bicyclic) bond motifs is 4. The Balaban J connectivity index is 0.000000479. The molecule has 77 heavy (non-hydrogen) atoms. The van der Waals surface area contributed by atoms with Crippen LogP contribution >= 0.6 is 0 Å². The van der Waals surface area contributed by atoms with Crippen LogP contribution in [0.3, 0.4) is 0 Å². The Hall–Kier alpha value is -6.84. The summed E-state index contributed by atoms with van der Waals surface area (Å²) in [5.41, 5.74) is 18.1. The van der Waals surface area contributed by atoms with E-state index in [1.54, 1.807) is 14.2 Å². The first-order valence-corrected chi connectivity index (χ1v) is 27.4. The first kappa shape index (κ1) is 66.3. The van der Waals surface area contributed by atoms with Gasteiger partial charge in [0.05, 0.1) is 36.0 Å². The van der Waals surface area contributed by atoms with Crippen LogP contribution in [-0.4, -0.2) is 65.8 Å². The SMILES string of the molecule is COc1cccc2c1nc1ccccc1[n+]2CCCCCCCCCCCCOCCCCCCCCCCCC[NH3+].COc1cccc2c1nc1ccccc1[n+]2CCCCCCN.O=[N+]([O-])[O-].O=[N+]([O-])[O-].O=[N+]([O-])[O-]. The molecule has 2 heterocycles. The maximum atomic E-state index is 8.25. The third-order valence-electron chi connectivity index (χ3n) is 12.8. The second-order valence-corrected chi connectivity index (χ2v) is 18.6. The van der Waals surface area contributed by atoms with Crippen LogP contribution in [0.4, 0.5) is 0 Å². The molecule has 6 aromatic rings. The third kappa shape index (κ3) is 28.8. The second kappa shape index (κ2) is 42.3. The lowest BCUT2D eigenvalue weighted by Crippen LogP contribution is -2.50. The lowest BCUT2D eigenvalue weighted by molar-refractivity contribution is -0.646. The highest BCUT2D eigenvalue weighted by atomic mass is 16.9. The van der Waals surface area contributed by atoms with Gasteiger partial charge in [0.1, 0.15) is 24.1 Å². The van der Waals surface area contributed by atoms with Crippen molar-refractivity contribution >= 4 is 44.1 Å². The zero-order chi connectivity index (χ0) is 56.3. The van der Waals surface area contributed by atoms with Gasteiger partial charge in [0.15, 0.2) is 22.5 Å². The highest BCUT2D eigenvalue weighted by Gasteiger charge is 2.20. The summed E-state index contributed by atoms with van der Waals surface area (Å²) in [6, 6.07) is 29.1. The van der Waals surface area contributed by atoms with Crippen molar-refractivity contribution < 1.29 is 44.3 Å². The van der Waals surface area contributed by atoms with Crippen molar-refractivity contribution in [2.24, 2.45) is 5.73 Å². The topological polar surface area (TPSA) is 313 Å². The minimum atomic E-state index is -1.75. The van der Waals surface area contributed by atoms with Crippen LogP contribution in [0.1, 0.15) is 154 Å². The zero-order valence-corrected chi connectivity index (χ0v) is 45.6. The summed E-state index contributed by atoms with van der Waals surface area (Å²) < 4.78 is 21.8. The summed E-state index contributed by atoms with van der Waals surface area (Å²) >= 11 is 0. The summed E-state index contributed by atoms with van der Waals surface area (Å²) in [6.07, 6.45) is 31.6. The van der Waals surface area contributed by atoms with Crippen LogP contribution in [0, 0.1) is 46.0 Å². The zero-order valence-electron chi connectivity index (χ0n) is 45.6. The fourth-order valence-corrected chi connectivity index (χ4v) is 9.12. The number of rotatable bonds is 33. The first-order valence-electron chi connectivity index (χ1n) is 27.4. The molecular formula is C56H85N9O12. The molecule has 0 fully saturated rings. The molecule has 0 radical (unpaired) electrons. The lowest BCUT2D eigenvalue weighted by Gasteiger charge is -2.08. The number of benzene rings is 4. The van der Waals surface area contributed by atoms with E-state index in [1.807, 2.05) is 24.3 Å². The van der Waals surface area contributed by atoms with Gasteiger partial charge >= 0.3 is 0 Å². The van der Waals surface area contributed by atoms with E-state index in [0.29, 0.717) is 0 Å². The Morgan fingerprint density at radius 3 is 1.06 bits per heavy atom.